The highest BCUT2D eigenvalue weighted by atomic mass is 32.2. The van der Waals surface area contributed by atoms with E-state index in [0.29, 0.717) is 23.3 Å². The Morgan fingerprint density at radius 1 is 1.07 bits per heavy atom. The predicted molar refractivity (Wildman–Crippen MR) is 116 cm³/mol. The lowest BCUT2D eigenvalue weighted by Gasteiger charge is -2.28. The van der Waals surface area contributed by atoms with Gasteiger partial charge in [-0.2, -0.15) is 11.8 Å². The van der Waals surface area contributed by atoms with Crippen LogP contribution < -0.4 is 10.2 Å². The van der Waals surface area contributed by atoms with Crippen molar-refractivity contribution in [2.45, 2.75) is 11.4 Å². The van der Waals surface area contributed by atoms with Gasteiger partial charge in [-0.3, -0.25) is 0 Å². The van der Waals surface area contributed by atoms with E-state index in [2.05, 4.69) is 44.5 Å². The molecule has 0 saturated carbocycles. The van der Waals surface area contributed by atoms with Crippen molar-refractivity contribution in [3.05, 3.63) is 54.4 Å². The lowest BCUT2D eigenvalue weighted by molar-refractivity contribution is 0.602. The fourth-order valence-corrected chi connectivity index (χ4v) is 4.79. The third-order valence-corrected chi connectivity index (χ3v) is 6.86. The highest BCUT2D eigenvalue weighted by Gasteiger charge is 2.12. The van der Waals surface area contributed by atoms with Crippen LogP contribution in [0.3, 0.4) is 0 Å². The summed E-state index contributed by atoms with van der Waals surface area (Å²) < 4.78 is 23.7. The maximum absolute atomic E-state index is 11.9. The molecule has 0 aliphatic carbocycles. The van der Waals surface area contributed by atoms with E-state index in [1.54, 1.807) is 18.2 Å². The lowest BCUT2D eigenvalue weighted by Crippen LogP contribution is -2.32. The molecule has 3 aromatic rings. The van der Waals surface area contributed by atoms with Gasteiger partial charge in [0.05, 0.1) is 10.4 Å². The summed E-state index contributed by atoms with van der Waals surface area (Å²) in [4.78, 5) is 11.2. The number of sulfone groups is 1. The van der Waals surface area contributed by atoms with Crippen LogP contribution in [0.25, 0.3) is 10.9 Å². The van der Waals surface area contributed by atoms with Gasteiger partial charge in [-0.25, -0.2) is 18.4 Å². The van der Waals surface area contributed by atoms with Crippen molar-refractivity contribution in [3.8, 4) is 0 Å². The number of benzene rings is 2. The molecule has 4 rings (SSSR count). The van der Waals surface area contributed by atoms with Gasteiger partial charge >= 0.3 is 0 Å². The smallest absolute Gasteiger partial charge is 0.175 e. The summed E-state index contributed by atoms with van der Waals surface area (Å²) >= 11 is 2.00. The molecule has 8 heteroatoms. The maximum atomic E-state index is 11.9. The molecular weight excluding hydrogens is 392 g/mol. The molecule has 6 nitrogen and oxygen atoms in total. The van der Waals surface area contributed by atoms with Gasteiger partial charge in [0, 0.05) is 48.5 Å². The molecule has 2 aromatic carbocycles. The molecule has 146 valence electrons. The van der Waals surface area contributed by atoms with E-state index in [1.807, 2.05) is 11.8 Å². The average molecular weight is 415 g/mol. The quantitative estimate of drug-likeness (QED) is 0.687. The summed E-state index contributed by atoms with van der Waals surface area (Å²) in [5.74, 6) is 2.99. The molecule has 0 unspecified atom stereocenters. The van der Waals surface area contributed by atoms with E-state index in [4.69, 9.17) is 0 Å². The monoisotopic (exact) mass is 414 g/mol. The molecular formula is C20H22N4O2S2. The number of fused-ring (bicyclic) bond motifs is 1. The lowest BCUT2D eigenvalue weighted by atomic mass is 10.2. The topological polar surface area (TPSA) is 75.2 Å². The number of anilines is 2. The molecule has 1 aromatic heterocycles. The zero-order valence-corrected chi connectivity index (χ0v) is 17.3. The van der Waals surface area contributed by atoms with Crippen molar-refractivity contribution < 1.29 is 8.42 Å². The number of hydrogen-bond acceptors (Lipinski definition) is 7. The average Bonchev–Trinajstić information content (AvgIpc) is 2.72. The van der Waals surface area contributed by atoms with Crippen LogP contribution in [-0.4, -0.2) is 49.2 Å². The summed E-state index contributed by atoms with van der Waals surface area (Å²) in [6.07, 6.45) is 2.69. The Morgan fingerprint density at radius 3 is 2.54 bits per heavy atom. The summed E-state index contributed by atoms with van der Waals surface area (Å²) in [6, 6.07) is 13.5. The fraction of sp³-hybridized carbons (Fsp3) is 0.300. The summed E-state index contributed by atoms with van der Waals surface area (Å²) in [5, 5.41) is 4.02. The third-order valence-electron chi connectivity index (χ3n) is 4.81. The van der Waals surface area contributed by atoms with Gasteiger partial charge in [0.2, 0.25) is 0 Å². The van der Waals surface area contributed by atoms with Crippen molar-refractivity contribution in [2.24, 2.45) is 0 Å². The molecule has 0 atom stereocenters. The van der Waals surface area contributed by atoms with Gasteiger partial charge in [-0.15, -0.1) is 0 Å². The number of rotatable bonds is 5. The van der Waals surface area contributed by atoms with Crippen molar-refractivity contribution in [2.75, 3.05) is 41.1 Å². The van der Waals surface area contributed by atoms with Crippen LogP contribution in [-0.2, 0) is 16.4 Å². The van der Waals surface area contributed by atoms with Crippen molar-refractivity contribution in [3.63, 3.8) is 0 Å². The minimum absolute atomic E-state index is 0.266. The second-order valence-corrected chi connectivity index (χ2v) is 10.0. The first-order valence-corrected chi connectivity index (χ1v) is 12.2. The molecule has 1 saturated heterocycles. The predicted octanol–water partition coefficient (Wildman–Crippen LogP) is 3.20. The Hall–Kier alpha value is -2.32. The molecule has 0 amide bonds. The zero-order chi connectivity index (χ0) is 19.6. The van der Waals surface area contributed by atoms with Crippen LogP contribution in [0.15, 0.2) is 53.7 Å². The Labute approximate surface area is 169 Å². The summed E-state index contributed by atoms with van der Waals surface area (Å²) in [5.41, 5.74) is 3.11. The van der Waals surface area contributed by atoms with Crippen LogP contribution >= 0.6 is 11.8 Å². The van der Waals surface area contributed by atoms with Crippen LogP contribution in [0.2, 0.25) is 0 Å². The second kappa shape index (κ2) is 7.97. The van der Waals surface area contributed by atoms with E-state index in [1.165, 1.54) is 29.8 Å². The van der Waals surface area contributed by atoms with Gasteiger partial charge < -0.3 is 10.2 Å². The largest absolute Gasteiger partial charge is 0.370 e. The number of nitrogens with one attached hydrogen (secondary N) is 1. The van der Waals surface area contributed by atoms with Gasteiger partial charge in [-0.1, -0.05) is 12.1 Å². The molecule has 1 N–H and O–H groups in total. The normalized spacial score (nSPS) is 15.0. The minimum atomic E-state index is -3.28. The summed E-state index contributed by atoms with van der Waals surface area (Å²) in [6.45, 7) is 2.79. The van der Waals surface area contributed by atoms with E-state index in [0.717, 1.165) is 18.7 Å². The van der Waals surface area contributed by atoms with Crippen molar-refractivity contribution in [1.29, 1.82) is 0 Å². The van der Waals surface area contributed by atoms with Crippen LogP contribution in [0, 0.1) is 0 Å². The van der Waals surface area contributed by atoms with Crippen LogP contribution in [0.1, 0.15) is 5.56 Å². The standard InChI is InChI=1S/C20H22N4O2S2/c1-28(25,26)17-6-7-19-18(12-17)20(23-14-22-19)21-13-15-2-4-16(5-3-15)24-8-10-27-11-9-24/h2-7,12,14H,8-11,13H2,1H3,(H,21,22,23). The molecule has 0 radical (unpaired) electrons. The van der Waals surface area contributed by atoms with Crippen molar-refractivity contribution in [1.82, 2.24) is 9.97 Å². The van der Waals surface area contributed by atoms with E-state index >= 15 is 0 Å². The van der Waals surface area contributed by atoms with Crippen LogP contribution in [0.5, 0.6) is 0 Å². The minimum Gasteiger partial charge on any atom is -0.370 e. The van der Waals surface area contributed by atoms with Gasteiger partial charge in [-0.05, 0) is 35.9 Å². The number of nitrogens with zero attached hydrogens (tertiary/aromatic N) is 3. The van der Waals surface area contributed by atoms with Gasteiger partial charge in [0.15, 0.2) is 9.84 Å². The second-order valence-electron chi connectivity index (χ2n) is 6.79. The molecule has 28 heavy (non-hydrogen) atoms. The molecule has 2 heterocycles. The molecule has 0 spiro atoms. The Kier molecular flexibility index (Phi) is 5.41. The number of aromatic nitrogens is 2. The van der Waals surface area contributed by atoms with E-state index in [9.17, 15) is 8.42 Å². The van der Waals surface area contributed by atoms with Crippen molar-refractivity contribution >= 4 is 44.0 Å². The van der Waals surface area contributed by atoms with Gasteiger partial charge in [0.1, 0.15) is 12.1 Å². The highest BCUT2D eigenvalue weighted by molar-refractivity contribution is 7.99. The number of thioether (sulfide) groups is 1. The molecule has 1 aliphatic heterocycles. The first-order valence-electron chi connectivity index (χ1n) is 9.11. The first-order chi connectivity index (χ1) is 13.5. The molecule has 1 fully saturated rings. The fourth-order valence-electron chi connectivity index (χ4n) is 3.24. The van der Waals surface area contributed by atoms with E-state index in [-0.39, 0.29) is 4.90 Å². The van der Waals surface area contributed by atoms with Gasteiger partial charge in [0.25, 0.3) is 0 Å². The molecule has 1 aliphatic rings. The Bertz CT molecular complexity index is 1080. The SMILES string of the molecule is CS(=O)(=O)c1ccc2ncnc(NCc3ccc(N4CCSCC4)cc3)c2c1. The molecule has 0 bridgehead atoms. The highest BCUT2D eigenvalue weighted by Crippen LogP contribution is 2.24. The zero-order valence-electron chi connectivity index (χ0n) is 15.6. The maximum Gasteiger partial charge on any atom is 0.175 e. The third kappa shape index (κ3) is 4.23. The Morgan fingerprint density at radius 2 is 1.82 bits per heavy atom. The van der Waals surface area contributed by atoms with Crippen LogP contribution in [0.4, 0.5) is 11.5 Å². The summed E-state index contributed by atoms with van der Waals surface area (Å²) in [7, 11) is -3.28. The van der Waals surface area contributed by atoms with E-state index < -0.39 is 9.84 Å². The Balaban J connectivity index is 1.52. The number of hydrogen-bond donors (Lipinski definition) is 1. The first kappa shape index (κ1) is 19.0.